The topological polar surface area (TPSA) is 99.5 Å². The summed E-state index contributed by atoms with van der Waals surface area (Å²) in [6.45, 7) is 2.71. The summed E-state index contributed by atoms with van der Waals surface area (Å²) in [4.78, 5) is 30.3. The Morgan fingerprint density at radius 1 is 1.34 bits per heavy atom. The Morgan fingerprint density at radius 2 is 2.10 bits per heavy atom. The molecule has 4 heterocycles. The molecule has 8 nitrogen and oxygen atoms in total. The molecule has 4 aliphatic heterocycles. The number of esters is 1. The van der Waals surface area contributed by atoms with Gasteiger partial charge < -0.3 is 19.7 Å². The zero-order valence-corrected chi connectivity index (χ0v) is 16.8. The number of hydrogen-bond acceptors (Lipinski definition) is 7. The number of piperidine rings is 2. The molecule has 3 saturated heterocycles. The maximum atomic E-state index is 13.5. The molecular formula is C21H26N2O6. The molecule has 5 rings (SSSR count). The van der Waals surface area contributed by atoms with Crippen LogP contribution in [0.3, 0.4) is 0 Å². The van der Waals surface area contributed by atoms with Gasteiger partial charge in [-0.05, 0) is 25.3 Å². The number of rotatable bonds is 3. The first-order valence-corrected chi connectivity index (χ1v) is 10.1. The number of amides is 1. The number of nitrogens with zero attached hydrogens (tertiary/aromatic N) is 2. The number of methoxy groups -OCH3 is 2. The average molecular weight is 402 g/mol. The van der Waals surface area contributed by atoms with Gasteiger partial charge in [-0.1, -0.05) is 12.1 Å². The molecule has 8 heteroatoms. The van der Waals surface area contributed by atoms with Gasteiger partial charge in [0.15, 0.2) is 0 Å². The molecule has 156 valence electrons. The third-order valence-electron chi connectivity index (χ3n) is 7.64. The summed E-state index contributed by atoms with van der Waals surface area (Å²) in [5.41, 5.74) is -1.54. The summed E-state index contributed by atoms with van der Waals surface area (Å²) >= 11 is 0. The van der Waals surface area contributed by atoms with E-state index in [2.05, 4.69) is 0 Å². The van der Waals surface area contributed by atoms with E-state index in [9.17, 15) is 19.8 Å². The first kappa shape index (κ1) is 18.8. The lowest BCUT2D eigenvalue weighted by molar-refractivity contribution is -0.194. The van der Waals surface area contributed by atoms with Crippen LogP contribution in [0.2, 0.25) is 0 Å². The predicted molar refractivity (Wildman–Crippen MR) is 102 cm³/mol. The highest BCUT2D eigenvalue weighted by atomic mass is 16.5. The van der Waals surface area contributed by atoms with E-state index < -0.39 is 35.2 Å². The van der Waals surface area contributed by atoms with Gasteiger partial charge in [-0.15, -0.1) is 0 Å². The van der Waals surface area contributed by atoms with E-state index in [-0.39, 0.29) is 18.2 Å². The quantitative estimate of drug-likeness (QED) is 0.708. The smallest absolute Gasteiger partial charge is 0.312 e. The maximum absolute atomic E-state index is 13.5. The average Bonchev–Trinajstić information content (AvgIpc) is 3.10. The van der Waals surface area contributed by atoms with Gasteiger partial charge in [0.2, 0.25) is 5.91 Å². The Morgan fingerprint density at radius 3 is 2.76 bits per heavy atom. The minimum absolute atomic E-state index is 0.110. The lowest BCUT2D eigenvalue weighted by Crippen LogP contribution is -2.78. The molecule has 1 aromatic carbocycles. The molecule has 0 radical (unpaired) electrons. The van der Waals surface area contributed by atoms with Crippen LogP contribution in [0.1, 0.15) is 25.3 Å². The minimum Gasteiger partial charge on any atom is -0.495 e. The normalized spacial score (nSPS) is 38.4. The molecule has 6 atom stereocenters. The summed E-state index contributed by atoms with van der Waals surface area (Å²) in [6.07, 6.45) is -0.196. The van der Waals surface area contributed by atoms with Crippen LogP contribution in [0.15, 0.2) is 18.2 Å². The van der Waals surface area contributed by atoms with Crippen molar-refractivity contribution in [3.05, 3.63) is 23.8 Å². The van der Waals surface area contributed by atoms with Crippen LogP contribution >= 0.6 is 0 Å². The lowest BCUT2D eigenvalue weighted by Gasteiger charge is -2.61. The van der Waals surface area contributed by atoms with Crippen molar-refractivity contribution in [3.63, 3.8) is 0 Å². The molecule has 0 aromatic heterocycles. The SMILES string of the molecule is COC(=O)C1[C@@H]2CC(=O)N3c4c(OC)cccc4[C@]4(O)CCN(C[C@@H]2[C@@H](C)O)[C@]134. The fourth-order valence-corrected chi connectivity index (χ4v) is 6.61. The molecule has 1 unspecified atom stereocenters. The molecule has 1 aromatic rings. The van der Waals surface area contributed by atoms with E-state index in [1.165, 1.54) is 14.2 Å². The lowest BCUT2D eigenvalue weighted by atomic mass is 9.61. The molecular weight excluding hydrogens is 376 g/mol. The first-order valence-electron chi connectivity index (χ1n) is 10.1. The van der Waals surface area contributed by atoms with E-state index in [0.717, 1.165) is 0 Å². The van der Waals surface area contributed by atoms with Crippen LogP contribution in [0, 0.1) is 17.8 Å². The van der Waals surface area contributed by atoms with Crippen LogP contribution in [-0.2, 0) is 19.9 Å². The second kappa shape index (κ2) is 5.93. The van der Waals surface area contributed by atoms with Gasteiger partial charge in [0.25, 0.3) is 0 Å². The van der Waals surface area contributed by atoms with Crippen molar-refractivity contribution in [2.75, 3.05) is 32.2 Å². The number of anilines is 1. The number of carbonyl (C=O) groups excluding carboxylic acids is 2. The summed E-state index contributed by atoms with van der Waals surface area (Å²) in [7, 11) is 2.86. The Kier molecular flexibility index (Phi) is 3.85. The molecule has 3 fully saturated rings. The fraction of sp³-hybridized carbons (Fsp3) is 0.619. The van der Waals surface area contributed by atoms with Crippen LogP contribution in [-0.4, -0.2) is 66.1 Å². The van der Waals surface area contributed by atoms with Crippen molar-refractivity contribution in [2.45, 2.75) is 37.1 Å². The van der Waals surface area contributed by atoms with E-state index >= 15 is 0 Å². The molecule has 1 spiro atoms. The number of ether oxygens (including phenoxy) is 2. The van der Waals surface area contributed by atoms with Gasteiger partial charge in [0.05, 0.1) is 26.0 Å². The van der Waals surface area contributed by atoms with Crippen molar-refractivity contribution in [3.8, 4) is 5.75 Å². The van der Waals surface area contributed by atoms with E-state index in [4.69, 9.17) is 9.47 Å². The monoisotopic (exact) mass is 402 g/mol. The summed E-state index contributed by atoms with van der Waals surface area (Å²) < 4.78 is 10.7. The molecule has 4 aliphatic rings. The number of aliphatic hydroxyl groups excluding tert-OH is 1. The Bertz CT molecular complexity index is 903. The molecule has 1 amide bonds. The van der Waals surface area contributed by atoms with Crippen molar-refractivity contribution in [1.82, 2.24) is 4.90 Å². The number of fused-ring (bicyclic) bond motifs is 4. The number of carbonyl (C=O) groups is 2. The maximum Gasteiger partial charge on any atom is 0.312 e. The van der Waals surface area contributed by atoms with Gasteiger partial charge in [0.1, 0.15) is 22.9 Å². The van der Waals surface area contributed by atoms with Crippen molar-refractivity contribution >= 4 is 17.6 Å². The van der Waals surface area contributed by atoms with Gasteiger partial charge in [-0.2, -0.15) is 0 Å². The standard InChI is InChI=1S/C21H26N2O6/c1-11(24)13-10-22-8-7-20(27)14-5-4-6-15(28-2)18(14)23-16(25)9-12(13)17(19(26)29-3)21(20,22)23/h4-6,11-13,17,24,27H,7-10H2,1-3H3/t11-,12-,13-,17?,20-,21-/m1/s1. The van der Waals surface area contributed by atoms with E-state index in [1.54, 1.807) is 24.0 Å². The van der Waals surface area contributed by atoms with Crippen LogP contribution in [0.5, 0.6) is 5.75 Å². The number of hydrogen-bond donors (Lipinski definition) is 2. The first-order chi connectivity index (χ1) is 13.8. The molecule has 0 saturated carbocycles. The Hall–Kier alpha value is -2.16. The van der Waals surface area contributed by atoms with Crippen LogP contribution < -0.4 is 9.64 Å². The van der Waals surface area contributed by atoms with E-state index in [0.29, 0.717) is 36.5 Å². The van der Waals surface area contributed by atoms with Gasteiger partial charge >= 0.3 is 5.97 Å². The molecule has 29 heavy (non-hydrogen) atoms. The molecule has 2 bridgehead atoms. The number of para-hydroxylation sites is 1. The zero-order valence-electron chi connectivity index (χ0n) is 16.8. The van der Waals surface area contributed by atoms with Gasteiger partial charge in [-0.25, -0.2) is 0 Å². The predicted octanol–water partition coefficient (Wildman–Crippen LogP) is 0.451. The van der Waals surface area contributed by atoms with Crippen molar-refractivity contribution < 1.29 is 29.3 Å². The third kappa shape index (κ3) is 1.95. The second-order valence-corrected chi connectivity index (χ2v) is 8.64. The number of benzene rings is 1. The van der Waals surface area contributed by atoms with Gasteiger partial charge in [-0.3, -0.25) is 19.4 Å². The highest BCUT2D eigenvalue weighted by molar-refractivity contribution is 6.03. The number of aliphatic hydroxyl groups is 2. The zero-order chi connectivity index (χ0) is 20.7. The highest BCUT2D eigenvalue weighted by Gasteiger charge is 2.79. The largest absolute Gasteiger partial charge is 0.495 e. The second-order valence-electron chi connectivity index (χ2n) is 8.64. The van der Waals surface area contributed by atoms with Crippen molar-refractivity contribution in [2.24, 2.45) is 17.8 Å². The summed E-state index contributed by atoms with van der Waals surface area (Å²) in [5.74, 6) is -1.59. The molecule has 0 aliphatic carbocycles. The Balaban J connectivity index is 1.82. The highest BCUT2D eigenvalue weighted by Crippen LogP contribution is 2.67. The van der Waals surface area contributed by atoms with Gasteiger partial charge in [0, 0.05) is 31.0 Å². The third-order valence-corrected chi connectivity index (χ3v) is 7.64. The molecule has 2 N–H and O–H groups in total. The fourth-order valence-electron chi connectivity index (χ4n) is 6.61. The van der Waals surface area contributed by atoms with E-state index in [1.807, 2.05) is 11.0 Å². The minimum atomic E-state index is -1.42. The van der Waals surface area contributed by atoms with Crippen LogP contribution in [0.4, 0.5) is 5.69 Å². The van der Waals surface area contributed by atoms with Crippen LogP contribution in [0.25, 0.3) is 0 Å². The Labute approximate surface area is 169 Å². The summed E-state index contributed by atoms with van der Waals surface area (Å²) in [6, 6.07) is 5.37. The summed E-state index contributed by atoms with van der Waals surface area (Å²) in [5, 5.41) is 22.6. The van der Waals surface area contributed by atoms with Crippen molar-refractivity contribution in [1.29, 1.82) is 0 Å².